The lowest BCUT2D eigenvalue weighted by Gasteiger charge is -2.35. The maximum absolute atomic E-state index is 13.8. The number of esters is 1. The fourth-order valence-electron chi connectivity index (χ4n) is 5.88. The third kappa shape index (κ3) is 7.00. The van der Waals surface area contributed by atoms with E-state index in [4.69, 9.17) is 9.47 Å². The maximum atomic E-state index is 13.8. The summed E-state index contributed by atoms with van der Waals surface area (Å²) in [6, 6.07) is 10.3. The number of amides is 1. The van der Waals surface area contributed by atoms with Crippen molar-refractivity contribution in [1.82, 2.24) is 4.98 Å². The first-order chi connectivity index (χ1) is 18.0. The van der Waals surface area contributed by atoms with E-state index in [0.29, 0.717) is 24.2 Å². The summed E-state index contributed by atoms with van der Waals surface area (Å²) in [6.45, 7) is 2.80. The largest absolute Gasteiger partial charge is 0.496 e. The number of rotatable bonds is 8. The molecule has 0 spiro atoms. The van der Waals surface area contributed by atoms with Crippen LogP contribution in [-0.4, -0.2) is 37.6 Å². The zero-order chi connectivity index (χ0) is 26.2. The summed E-state index contributed by atoms with van der Waals surface area (Å²) < 4.78 is 10.1. The highest BCUT2D eigenvalue weighted by molar-refractivity contribution is 5.94. The first-order valence-electron chi connectivity index (χ1n) is 13.7. The lowest BCUT2D eigenvalue weighted by molar-refractivity contribution is -0.134. The summed E-state index contributed by atoms with van der Waals surface area (Å²) in [5, 5.41) is 0. The third-order valence-electron chi connectivity index (χ3n) is 8.06. The molecule has 2 aromatic rings. The second-order valence-corrected chi connectivity index (χ2v) is 10.5. The molecule has 4 rings (SSSR count). The minimum atomic E-state index is -0.405. The average molecular weight is 505 g/mol. The van der Waals surface area contributed by atoms with Crippen molar-refractivity contribution in [1.29, 1.82) is 0 Å². The van der Waals surface area contributed by atoms with E-state index in [2.05, 4.69) is 30.1 Å². The van der Waals surface area contributed by atoms with E-state index in [1.54, 1.807) is 19.4 Å². The first kappa shape index (κ1) is 26.9. The maximum Gasteiger partial charge on any atom is 0.330 e. The number of pyridine rings is 1. The Hall–Kier alpha value is -3.15. The van der Waals surface area contributed by atoms with Crippen molar-refractivity contribution in [3.8, 4) is 5.75 Å². The molecule has 1 aromatic heterocycles. The van der Waals surface area contributed by atoms with Crippen molar-refractivity contribution in [3.05, 3.63) is 59.3 Å². The van der Waals surface area contributed by atoms with Crippen molar-refractivity contribution in [3.63, 3.8) is 0 Å². The third-order valence-corrected chi connectivity index (χ3v) is 8.06. The van der Waals surface area contributed by atoms with E-state index in [1.165, 1.54) is 30.7 Å². The molecule has 2 aliphatic rings. The molecule has 0 radical (unpaired) electrons. The second kappa shape index (κ2) is 12.9. The van der Waals surface area contributed by atoms with Crippen LogP contribution < -0.4 is 9.64 Å². The molecule has 37 heavy (non-hydrogen) atoms. The number of benzene rings is 1. The minimum absolute atomic E-state index is 0.0726. The van der Waals surface area contributed by atoms with Crippen LogP contribution in [0.5, 0.6) is 5.75 Å². The van der Waals surface area contributed by atoms with Gasteiger partial charge in [-0.2, -0.15) is 0 Å². The van der Waals surface area contributed by atoms with Gasteiger partial charge in [0.15, 0.2) is 0 Å². The van der Waals surface area contributed by atoms with Crippen LogP contribution in [0.15, 0.2) is 42.6 Å². The van der Waals surface area contributed by atoms with Crippen molar-refractivity contribution >= 4 is 23.8 Å². The van der Waals surface area contributed by atoms with E-state index >= 15 is 0 Å². The highest BCUT2D eigenvalue weighted by atomic mass is 16.5. The van der Waals surface area contributed by atoms with Gasteiger partial charge < -0.3 is 9.47 Å². The van der Waals surface area contributed by atoms with Crippen molar-refractivity contribution < 1.29 is 19.1 Å². The summed E-state index contributed by atoms with van der Waals surface area (Å²) >= 11 is 0. The summed E-state index contributed by atoms with van der Waals surface area (Å²) in [5.41, 5.74) is 3.40. The normalized spacial score (nSPS) is 20.5. The predicted molar refractivity (Wildman–Crippen MR) is 147 cm³/mol. The van der Waals surface area contributed by atoms with Gasteiger partial charge in [0.1, 0.15) is 11.6 Å². The van der Waals surface area contributed by atoms with Crippen LogP contribution in [0.25, 0.3) is 6.08 Å². The fourth-order valence-corrected chi connectivity index (χ4v) is 5.88. The molecular weight excluding hydrogens is 464 g/mol. The van der Waals surface area contributed by atoms with E-state index in [-0.39, 0.29) is 11.8 Å². The lowest BCUT2D eigenvalue weighted by Crippen LogP contribution is -2.41. The Kier molecular flexibility index (Phi) is 9.37. The van der Waals surface area contributed by atoms with Crippen LogP contribution in [-0.2, 0) is 14.3 Å². The SMILES string of the molecule is COC(=O)/C=C/c1ccnc(N(C[C@H]2CC[C@H](c3ccc(OC)c(C)c3)CC2)C(=O)C2CCCCC2)c1. The van der Waals surface area contributed by atoms with Crippen molar-refractivity contribution in [2.75, 3.05) is 25.7 Å². The summed E-state index contributed by atoms with van der Waals surface area (Å²) in [4.78, 5) is 31.9. The van der Waals surface area contributed by atoms with E-state index in [0.717, 1.165) is 62.7 Å². The summed E-state index contributed by atoms with van der Waals surface area (Å²) in [7, 11) is 3.08. The molecule has 6 heteroatoms. The number of ether oxygens (including phenoxy) is 2. The van der Waals surface area contributed by atoms with Gasteiger partial charge in [0.25, 0.3) is 0 Å². The molecule has 0 atom stereocenters. The molecule has 2 fully saturated rings. The molecule has 0 N–H and O–H groups in total. The fraction of sp³-hybridized carbons (Fsp3) is 0.516. The smallest absolute Gasteiger partial charge is 0.330 e. The monoisotopic (exact) mass is 504 g/mol. The van der Waals surface area contributed by atoms with Gasteiger partial charge in [0, 0.05) is 24.7 Å². The van der Waals surface area contributed by atoms with E-state index < -0.39 is 5.97 Å². The predicted octanol–water partition coefficient (Wildman–Crippen LogP) is 6.47. The molecule has 0 aliphatic heterocycles. The van der Waals surface area contributed by atoms with Crippen LogP contribution in [0, 0.1) is 18.8 Å². The summed E-state index contributed by atoms with van der Waals surface area (Å²) in [5.74, 6) is 2.48. The number of carbonyl (C=O) groups excluding carboxylic acids is 2. The van der Waals surface area contributed by atoms with Gasteiger partial charge in [-0.1, -0.05) is 31.4 Å². The molecule has 0 saturated heterocycles. The lowest BCUT2D eigenvalue weighted by atomic mass is 9.78. The Labute approximate surface area is 221 Å². The van der Waals surface area contributed by atoms with Crippen LogP contribution in [0.2, 0.25) is 0 Å². The number of aromatic nitrogens is 1. The molecule has 2 aliphatic carbocycles. The molecule has 0 unspecified atom stereocenters. The Bertz CT molecular complexity index is 1100. The van der Waals surface area contributed by atoms with Gasteiger partial charge in [0.05, 0.1) is 14.2 Å². The molecular formula is C31H40N2O4. The quantitative estimate of drug-likeness (QED) is 0.304. The number of anilines is 1. The number of carbonyl (C=O) groups is 2. The van der Waals surface area contributed by atoms with E-state index in [1.807, 2.05) is 17.0 Å². The first-order valence-corrected chi connectivity index (χ1v) is 13.7. The van der Waals surface area contributed by atoms with Crippen LogP contribution in [0.1, 0.15) is 80.4 Å². The topological polar surface area (TPSA) is 68.7 Å². The molecule has 2 saturated carbocycles. The number of nitrogens with zero attached hydrogens (tertiary/aromatic N) is 2. The standard InChI is InChI=1S/C31H40N2O4/c1-22-19-27(14-15-28(22)36-2)25-12-9-24(10-13-25)21-33(31(35)26-7-5-4-6-8-26)29-20-23(17-18-32-29)11-16-30(34)37-3/h11,14-20,24-26H,4-10,12-13,21H2,1-3H3/b16-11+/t24-,25-. The van der Waals surface area contributed by atoms with E-state index in [9.17, 15) is 9.59 Å². The van der Waals surface area contributed by atoms with Crippen LogP contribution in [0.3, 0.4) is 0 Å². The minimum Gasteiger partial charge on any atom is -0.496 e. The van der Waals surface area contributed by atoms with Gasteiger partial charge in [-0.25, -0.2) is 9.78 Å². The molecule has 0 bridgehead atoms. The number of aryl methyl sites for hydroxylation is 1. The molecule has 1 heterocycles. The Morgan fingerprint density at radius 3 is 2.43 bits per heavy atom. The van der Waals surface area contributed by atoms with Crippen LogP contribution >= 0.6 is 0 Å². The van der Waals surface area contributed by atoms with Gasteiger partial charge in [-0.05, 0) is 98.2 Å². The Balaban J connectivity index is 1.48. The number of methoxy groups -OCH3 is 2. The van der Waals surface area contributed by atoms with Crippen LogP contribution in [0.4, 0.5) is 5.82 Å². The zero-order valence-electron chi connectivity index (χ0n) is 22.4. The second-order valence-electron chi connectivity index (χ2n) is 10.5. The zero-order valence-corrected chi connectivity index (χ0v) is 22.4. The molecule has 198 valence electrons. The number of hydrogen-bond acceptors (Lipinski definition) is 5. The Morgan fingerprint density at radius 1 is 1.00 bits per heavy atom. The molecule has 1 amide bonds. The van der Waals surface area contributed by atoms with Crippen molar-refractivity contribution in [2.24, 2.45) is 11.8 Å². The highest BCUT2D eigenvalue weighted by Gasteiger charge is 2.31. The molecule has 1 aromatic carbocycles. The van der Waals surface area contributed by atoms with Gasteiger partial charge in [-0.15, -0.1) is 0 Å². The van der Waals surface area contributed by atoms with Gasteiger partial charge >= 0.3 is 5.97 Å². The summed E-state index contributed by atoms with van der Waals surface area (Å²) in [6.07, 6.45) is 14.6. The van der Waals surface area contributed by atoms with Crippen molar-refractivity contribution in [2.45, 2.75) is 70.6 Å². The Morgan fingerprint density at radius 2 is 1.76 bits per heavy atom. The van der Waals surface area contributed by atoms with Gasteiger partial charge in [0.2, 0.25) is 5.91 Å². The highest BCUT2D eigenvalue weighted by Crippen LogP contribution is 2.38. The van der Waals surface area contributed by atoms with Gasteiger partial charge in [-0.3, -0.25) is 9.69 Å². The average Bonchev–Trinajstić information content (AvgIpc) is 2.95. The molecule has 6 nitrogen and oxygen atoms in total. The number of hydrogen-bond donors (Lipinski definition) is 0.